The van der Waals surface area contributed by atoms with Gasteiger partial charge in [-0.3, -0.25) is 20.2 Å². The van der Waals surface area contributed by atoms with Crippen molar-refractivity contribution in [3.8, 4) is 5.75 Å². The maximum atomic E-state index is 11.0. The van der Waals surface area contributed by atoms with Gasteiger partial charge in [-0.2, -0.15) is 0 Å². The van der Waals surface area contributed by atoms with Gasteiger partial charge in [-0.15, -0.1) is 0 Å². The third kappa shape index (κ3) is 3.50. The molecule has 2 aromatic rings. The van der Waals surface area contributed by atoms with Crippen LogP contribution in [0.4, 0.5) is 11.4 Å². The fraction of sp³-hybridized carbons (Fsp3) is 0. The van der Waals surface area contributed by atoms with E-state index < -0.39 is 21.3 Å². The van der Waals surface area contributed by atoms with Crippen LogP contribution in [0.2, 0.25) is 0 Å². The standard InChI is InChI=1S/C12H7BrN2O5S/c13-7-1-3-10(15(19)20)12(5-7)21-8-2-4-9(14(17)18)11(16)6-8/h1-6,16H. The van der Waals surface area contributed by atoms with Crippen LogP contribution in [0, 0.1) is 20.2 Å². The van der Waals surface area contributed by atoms with Crippen molar-refractivity contribution in [1.29, 1.82) is 0 Å². The van der Waals surface area contributed by atoms with E-state index in [1.807, 2.05) is 0 Å². The minimum absolute atomic E-state index is 0.0824. The monoisotopic (exact) mass is 370 g/mol. The quantitative estimate of drug-likeness (QED) is 0.640. The molecule has 0 bridgehead atoms. The van der Waals surface area contributed by atoms with E-state index in [1.165, 1.54) is 18.2 Å². The topological polar surface area (TPSA) is 107 Å². The fourth-order valence-electron chi connectivity index (χ4n) is 1.57. The van der Waals surface area contributed by atoms with E-state index >= 15 is 0 Å². The molecular formula is C12H7BrN2O5S. The van der Waals surface area contributed by atoms with Crippen molar-refractivity contribution in [3.05, 3.63) is 61.1 Å². The van der Waals surface area contributed by atoms with Crippen molar-refractivity contribution >= 4 is 39.1 Å². The lowest BCUT2D eigenvalue weighted by Gasteiger charge is -2.04. The molecule has 0 aliphatic rings. The van der Waals surface area contributed by atoms with Crippen LogP contribution in [0.5, 0.6) is 5.75 Å². The maximum absolute atomic E-state index is 11.0. The number of hydrogen-bond donors (Lipinski definition) is 1. The van der Waals surface area contributed by atoms with Crippen LogP contribution in [-0.4, -0.2) is 15.0 Å². The van der Waals surface area contributed by atoms with Crippen LogP contribution in [0.15, 0.2) is 50.7 Å². The van der Waals surface area contributed by atoms with Gasteiger partial charge in [0.25, 0.3) is 5.69 Å². The summed E-state index contributed by atoms with van der Waals surface area (Å²) in [5.74, 6) is -0.484. The number of aromatic hydroxyl groups is 1. The van der Waals surface area contributed by atoms with Gasteiger partial charge in [0.05, 0.1) is 14.7 Å². The van der Waals surface area contributed by atoms with Gasteiger partial charge in [0, 0.05) is 27.6 Å². The molecule has 108 valence electrons. The highest BCUT2D eigenvalue weighted by Gasteiger charge is 2.18. The summed E-state index contributed by atoms with van der Waals surface area (Å²) >= 11 is 4.27. The molecule has 0 saturated heterocycles. The van der Waals surface area contributed by atoms with E-state index in [0.717, 1.165) is 17.8 Å². The number of nitro groups is 2. The zero-order valence-electron chi connectivity index (χ0n) is 10.2. The smallest absolute Gasteiger partial charge is 0.310 e. The van der Waals surface area contributed by atoms with E-state index in [2.05, 4.69) is 15.9 Å². The van der Waals surface area contributed by atoms with Crippen molar-refractivity contribution in [2.24, 2.45) is 0 Å². The molecule has 0 spiro atoms. The predicted octanol–water partition coefficient (Wildman–Crippen LogP) is 4.12. The Balaban J connectivity index is 2.38. The number of phenols is 1. The first-order valence-electron chi connectivity index (χ1n) is 5.47. The van der Waals surface area contributed by atoms with Gasteiger partial charge in [0.2, 0.25) is 0 Å². The second-order valence-corrected chi connectivity index (χ2v) is 5.91. The van der Waals surface area contributed by atoms with E-state index in [4.69, 9.17) is 0 Å². The van der Waals surface area contributed by atoms with Crippen LogP contribution in [0.25, 0.3) is 0 Å². The van der Waals surface area contributed by atoms with Gasteiger partial charge in [-0.05, 0) is 18.2 Å². The third-order valence-corrected chi connectivity index (χ3v) is 4.02. The third-order valence-electron chi connectivity index (χ3n) is 2.49. The molecule has 0 aromatic heterocycles. The SMILES string of the molecule is O=[N+]([O-])c1ccc(Sc2cc(Br)ccc2[N+](=O)[O-])cc1O. The van der Waals surface area contributed by atoms with Crippen molar-refractivity contribution < 1.29 is 15.0 Å². The van der Waals surface area contributed by atoms with Crippen LogP contribution < -0.4 is 0 Å². The Morgan fingerprint density at radius 2 is 1.62 bits per heavy atom. The Kier molecular flexibility index (Phi) is 4.43. The lowest BCUT2D eigenvalue weighted by atomic mass is 10.3. The zero-order valence-corrected chi connectivity index (χ0v) is 12.6. The molecule has 0 fully saturated rings. The van der Waals surface area contributed by atoms with Gasteiger partial charge < -0.3 is 5.11 Å². The second kappa shape index (κ2) is 6.10. The van der Waals surface area contributed by atoms with Gasteiger partial charge in [0.1, 0.15) is 0 Å². The average molecular weight is 371 g/mol. The predicted molar refractivity (Wildman–Crippen MR) is 79.7 cm³/mol. The Labute approximate surface area is 131 Å². The Hall–Kier alpha value is -2.13. The van der Waals surface area contributed by atoms with Crippen molar-refractivity contribution in [2.45, 2.75) is 9.79 Å². The summed E-state index contributed by atoms with van der Waals surface area (Å²) < 4.78 is 0.668. The van der Waals surface area contributed by atoms with Crippen molar-refractivity contribution in [1.82, 2.24) is 0 Å². The Morgan fingerprint density at radius 3 is 2.19 bits per heavy atom. The Bertz CT molecular complexity index is 738. The molecule has 0 atom stereocenters. The number of nitro benzene ring substituents is 2. The van der Waals surface area contributed by atoms with E-state index in [9.17, 15) is 25.3 Å². The van der Waals surface area contributed by atoms with Gasteiger partial charge in [-0.1, -0.05) is 27.7 Å². The zero-order chi connectivity index (χ0) is 15.6. The van der Waals surface area contributed by atoms with Gasteiger partial charge in [-0.25, -0.2) is 0 Å². The van der Waals surface area contributed by atoms with Crippen LogP contribution in [-0.2, 0) is 0 Å². The van der Waals surface area contributed by atoms with Crippen LogP contribution in [0.3, 0.4) is 0 Å². The normalized spacial score (nSPS) is 10.3. The molecule has 9 heteroatoms. The first kappa shape index (κ1) is 15.3. The molecule has 0 saturated carbocycles. The second-order valence-electron chi connectivity index (χ2n) is 3.88. The maximum Gasteiger partial charge on any atom is 0.310 e. The van der Waals surface area contributed by atoms with Crippen molar-refractivity contribution in [2.75, 3.05) is 0 Å². The molecule has 1 N–H and O–H groups in total. The van der Waals surface area contributed by atoms with Gasteiger partial charge >= 0.3 is 5.69 Å². The number of nitrogens with zero attached hydrogens (tertiary/aromatic N) is 2. The molecule has 2 rings (SSSR count). The summed E-state index contributed by atoms with van der Waals surface area (Å²) in [5, 5.41) is 31.2. The lowest BCUT2D eigenvalue weighted by molar-refractivity contribution is -0.387. The van der Waals surface area contributed by atoms with E-state index in [1.54, 1.807) is 12.1 Å². The molecular weight excluding hydrogens is 364 g/mol. The number of phenolic OH excluding ortho intramolecular Hbond substituents is 1. The number of benzene rings is 2. The molecule has 7 nitrogen and oxygen atoms in total. The van der Waals surface area contributed by atoms with Crippen LogP contribution >= 0.6 is 27.7 Å². The largest absolute Gasteiger partial charge is 0.502 e. The summed E-state index contributed by atoms with van der Waals surface area (Å²) in [6.07, 6.45) is 0. The number of halogens is 1. The van der Waals surface area contributed by atoms with E-state index in [-0.39, 0.29) is 5.69 Å². The molecule has 2 aromatic carbocycles. The highest BCUT2D eigenvalue weighted by atomic mass is 79.9. The molecule has 21 heavy (non-hydrogen) atoms. The molecule has 0 heterocycles. The minimum Gasteiger partial charge on any atom is -0.502 e. The van der Waals surface area contributed by atoms with Crippen LogP contribution in [0.1, 0.15) is 0 Å². The van der Waals surface area contributed by atoms with Gasteiger partial charge in [0.15, 0.2) is 5.75 Å². The summed E-state index contributed by atoms with van der Waals surface area (Å²) in [4.78, 5) is 21.2. The average Bonchev–Trinajstić information content (AvgIpc) is 2.37. The summed E-state index contributed by atoms with van der Waals surface area (Å²) in [5.41, 5.74) is -0.496. The molecule has 0 amide bonds. The molecule has 0 aliphatic carbocycles. The fourth-order valence-corrected chi connectivity index (χ4v) is 3.07. The highest BCUT2D eigenvalue weighted by molar-refractivity contribution is 9.10. The van der Waals surface area contributed by atoms with Crippen molar-refractivity contribution in [3.63, 3.8) is 0 Å². The minimum atomic E-state index is -0.703. The Morgan fingerprint density at radius 1 is 1.00 bits per heavy atom. The highest BCUT2D eigenvalue weighted by Crippen LogP contribution is 2.39. The molecule has 0 aliphatic heterocycles. The first-order valence-corrected chi connectivity index (χ1v) is 7.08. The molecule has 0 unspecified atom stereocenters. The first-order chi connectivity index (χ1) is 9.88. The molecule has 0 radical (unpaired) electrons. The summed E-state index contributed by atoms with van der Waals surface area (Å²) in [7, 11) is 0. The summed E-state index contributed by atoms with van der Waals surface area (Å²) in [6, 6.07) is 8.26. The summed E-state index contributed by atoms with van der Waals surface area (Å²) in [6.45, 7) is 0. The lowest BCUT2D eigenvalue weighted by Crippen LogP contribution is -1.91. The van der Waals surface area contributed by atoms with E-state index in [0.29, 0.717) is 14.3 Å². The number of hydrogen-bond acceptors (Lipinski definition) is 6. The number of rotatable bonds is 4.